The van der Waals surface area contributed by atoms with E-state index in [0.717, 1.165) is 12.8 Å². The van der Waals surface area contributed by atoms with Crippen LogP contribution in [0.4, 0.5) is 0 Å². The highest BCUT2D eigenvalue weighted by atomic mass is 16.3. The quantitative estimate of drug-likeness (QED) is 0.841. The summed E-state index contributed by atoms with van der Waals surface area (Å²) < 4.78 is 5.16. The Bertz CT molecular complexity index is 699. The lowest BCUT2D eigenvalue weighted by atomic mass is 10.1. The molecule has 0 atom stereocenters. The minimum Gasteiger partial charge on any atom is -0.459 e. The van der Waals surface area contributed by atoms with E-state index in [1.807, 2.05) is 4.90 Å². The molecule has 0 N–H and O–H groups in total. The molecule has 1 aliphatic rings. The van der Waals surface area contributed by atoms with Crippen molar-refractivity contribution in [3.63, 3.8) is 0 Å². The van der Waals surface area contributed by atoms with Crippen molar-refractivity contribution in [1.82, 2.24) is 9.80 Å². The summed E-state index contributed by atoms with van der Waals surface area (Å²) in [7, 11) is 0. The van der Waals surface area contributed by atoms with Gasteiger partial charge >= 0.3 is 0 Å². The molecule has 0 unspecified atom stereocenters. The number of carbonyl (C=O) groups excluding carboxylic acids is 2. The first-order chi connectivity index (χ1) is 12.2. The lowest BCUT2D eigenvalue weighted by Gasteiger charge is -2.34. The van der Waals surface area contributed by atoms with Gasteiger partial charge in [-0.1, -0.05) is 31.2 Å². The van der Waals surface area contributed by atoms with Crippen molar-refractivity contribution in [2.75, 3.05) is 26.2 Å². The largest absolute Gasteiger partial charge is 0.459 e. The molecule has 5 nitrogen and oxygen atoms in total. The second kappa shape index (κ2) is 8.01. The Morgan fingerprint density at radius 1 is 0.960 bits per heavy atom. The Kier molecular flexibility index (Phi) is 5.53. The first-order valence-electron chi connectivity index (χ1n) is 8.85. The second-order valence-electron chi connectivity index (χ2n) is 6.32. The molecule has 25 heavy (non-hydrogen) atoms. The Morgan fingerprint density at radius 3 is 2.20 bits per heavy atom. The topological polar surface area (TPSA) is 53.8 Å². The number of nitrogens with zero attached hydrogens (tertiary/aromatic N) is 2. The molecule has 132 valence electrons. The molecular formula is C20H24N2O3. The van der Waals surface area contributed by atoms with E-state index >= 15 is 0 Å². The van der Waals surface area contributed by atoms with Crippen LogP contribution in [-0.4, -0.2) is 47.8 Å². The average molecular weight is 340 g/mol. The standard InChI is InChI=1S/C20H24N2O3/c1-2-16-5-7-17(8-6-16)9-10-19(23)21-11-13-22(14-12-21)20(24)18-4-3-15-25-18/h3-8,15H,2,9-14H2,1H3. The molecule has 1 aliphatic heterocycles. The molecule has 2 amide bonds. The van der Waals surface area contributed by atoms with Crippen molar-refractivity contribution in [2.45, 2.75) is 26.2 Å². The molecular weight excluding hydrogens is 316 g/mol. The Labute approximate surface area is 148 Å². The molecule has 1 fully saturated rings. The summed E-state index contributed by atoms with van der Waals surface area (Å²) >= 11 is 0. The molecule has 5 heteroatoms. The second-order valence-corrected chi connectivity index (χ2v) is 6.32. The van der Waals surface area contributed by atoms with Crippen LogP contribution in [0.2, 0.25) is 0 Å². The van der Waals surface area contributed by atoms with Crippen molar-refractivity contribution in [1.29, 1.82) is 0 Å². The molecule has 0 spiro atoms. The van der Waals surface area contributed by atoms with E-state index in [1.54, 1.807) is 17.0 Å². The maximum atomic E-state index is 12.4. The monoisotopic (exact) mass is 340 g/mol. The minimum atomic E-state index is -0.104. The summed E-state index contributed by atoms with van der Waals surface area (Å²) in [5, 5.41) is 0. The van der Waals surface area contributed by atoms with Crippen molar-refractivity contribution in [2.24, 2.45) is 0 Å². The summed E-state index contributed by atoms with van der Waals surface area (Å²) in [4.78, 5) is 28.2. The molecule has 0 aliphatic carbocycles. The predicted molar refractivity (Wildman–Crippen MR) is 95.3 cm³/mol. The van der Waals surface area contributed by atoms with Gasteiger partial charge in [0.05, 0.1) is 6.26 Å². The van der Waals surface area contributed by atoms with Crippen LogP contribution in [0.3, 0.4) is 0 Å². The normalized spacial score (nSPS) is 14.6. The molecule has 0 saturated carbocycles. The number of amides is 2. The molecule has 0 radical (unpaired) electrons. The highest BCUT2D eigenvalue weighted by Gasteiger charge is 2.25. The van der Waals surface area contributed by atoms with Crippen LogP contribution in [0.25, 0.3) is 0 Å². The van der Waals surface area contributed by atoms with Crippen molar-refractivity contribution >= 4 is 11.8 Å². The van der Waals surface area contributed by atoms with Crippen molar-refractivity contribution in [3.8, 4) is 0 Å². The van der Waals surface area contributed by atoms with Gasteiger partial charge in [-0.2, -0.15) is 0 Å². The summed E-state index contributed by atoms with van der Waals surface area (Å²) in [6, 6.07) is 11.8. The number of hydrogen-bond acceptors (Lipinski definition) is 3. The van der Waals surface area contributed by atoms with E-state index in [-0.39, 0.29) is 11.8 Å². The maximum Gasteiger partial charge on any atom is 0.289 e. The van der Waals surface area contributed by atoms with Gasteiger partial charge in [0.1, 0.15) is 0 Å². The van der Waals surface area contributed by atoms with Crippen LogP contribution in [0.1, 0.15) is 35.0 Å². The first-order valence-corrected chi connectivity index (χ1v) is 8.85. The summed E-state index contributed by atoms with van der Waals surface area (Å²) in [5.74, 6) is 0.410. The average Bonchev–Trinajstić information content (AvgIpc) is 3.21. The van der Waals surface area contributed by atoms with Gasteiger partial charge in [-0.05, 0) is 36.1 Å². The van der Waals surface area contributed by atoms with E-state index in [9.17, 15) is 9.59 Å². The van der Waals surface area contributed by atoms with Crippen LogP contribution in [0.15, 0.2) is 47.1 Å². The zero-order valence-corrected chi connectivity index (χ0v) is 14.6. The first kappa shape index (κ1) is 17.3. The number of carbonyl (C=O) groups is 2. The van der Waals surface area contributed by atoms with E-state index in [4.69, 9.17) is 4.42 Å². The van der Waals surface area contributed by atoms with Crippen LogP contribution in [0, 0.1) is 0 Å². The van der Waals surface area contributed by atoms with E-state index in [0.29, 0.717) is 38.4 Å². The fourth-order valence-electron chi connectivity index (χ4n) is 3.07. The molecule has 1 aromatic heterocycles. The van der Waals surface area contributed by atoms with Gasteiger partial charge in [0.15, 0.2) is 5.76 Å². The fourth-order valence-corrected chi connectivity index (χ4v) is 3.07. The van der Waals surface area contributed by atoms with Crippen LogP contribution < -0.4 is 0 Å². The van der Waals surface area contributed by atoms with Crippen LogP contribution >= 0.6 is 0 Å². The lowest BCUT2D eigenvalue weighted by Crippen LogP contribution is -2.50. The minimum absolute atomic E-state index is 0.104. The smallest absolute Gasteiger partial charge is 0.289 e. The fraction of sp³-hybridized carbons (Fsp3) is 0.400. The third-order valence-electron chi connectivity index (χ3n) is 4.71. The maximum absolute atomic E-state index is 12.4. The van der Waals surface area contributed by atoms with Crippen molar-refractivity contribution < 1.29 is 14.0 Å². The van der Waals surface area contributed by atoms with Crippen LogP contribution in [0.5, 0.6) is 0 Å². The number of benzene rings is 1. The van der Waals surface area contributed by atoms with E-state index in [1.165, 1.54) is 17.4 Å². The Morgan fingerprint density at radius 2 is 1.60 bits per heavy atom. The van der Waals surface area contributed by atoms with Gasteiger partial charge in [-0.25, -0.2) is 0 Å². The zero-order chi connectivity index (χ0) is 17.6. The van der Waals surface area contributed by atoms with Gasteiger partial charge in [0.2, 0.25) is 5.91 Å². The number of aryl methyl sites for hydroxylation is 2. The van der Waals surface area contributed by atoms with Gasteiger partial charge in [0.25, 0.3) is 5.91 Å². The number of hydrogen-bond donors (Lipinski definition) is 0. The number of furan rings is 1. The molecule has 1 aromatic carbocycles. The zero-order valence-electron chi connectivity index (χ0n) is 14.6. The number of piperazine rings is 1. The van der Waals surface area contributed by atoms with Gasteiger partial charge in [-0.15, -0.1) is 0 Å². The molecule has 1 saturated heterocycles. The van der Waals surface area contributed by atoms with Crippen molar-refractivity contribution in [3.05, 3.63) is 59.5 Å². The van der Waals surface area contributed by atoms with E-state index in [2.05, 4.69) is 31.2 Å². The molecule has 0 bridgehead atoms. The van der Waals surface area contributed by atoms with Gasteiger partial charge < -0.3 is 14.2 Å². The highest BCUT2D eigenvalue weighted by Crippen LogP contribution is 2.12. The third kappa shape index (κ3) is 4.29. The predicted octanol–water partition coefficient (Wildman–Crippen LogP) is 2.76. The van der Waals surface area contributed by atoms with E-state index < -0.39 is 0 Å². The summed E-state index contributed by atoms with van der Waals surface area (Å²) in [6.45, 7) is 4.40. The third-order valence-corrected chi connectivity index (χ3v) is 4.71. The van der Waals surface area contributed by atoms with Crippen LogP contribution in [-0.2, 0) is 17.6 Å². The molecule has 3 rings (SSSR count). The molecule has 2 aromatic rings. The Balaban J connectivity index is 1.45. The lowest BCUT2D eigenvalue weighted by molar-refractivity contribution is -0.132. The Hall–Kier alpha value is -2.56. The summed E-state index contributed by atoms with van der Waals surface area (Å²) in [5.41, 5.74) is 2.50. The summed E-state index contributed by atoms with van der Waals surface area (Å²) in [6.07, 6.45) is 3.80. The SMILES string of the molecule is CCc1ccc(CCC(=O)N2CCN(C(=O)c3ccco3)CC2)cc1. The molecule has 2 heterocycles. The van der Waals surface area contributed by atoms with Gasteiger partial charge in [0, 0.05) is 32.6 Å². The highest BCUT2D eigenvalue weighted by molar-refractivity contribution is 5.91. The number of rotatable bonds is 5. The van der Waals surface area contributed by atoms with Gasteiger partial charge in [-0.3, -0.25) is 9.59 Å².